The second-order valence-corrected chi connectivity index (χ2v) is 6.44. The summed E-state index contributed by atoms with van der Waals surface area (Å²) in [7, 11) is 0. The van der Waals surface area contributed by atoms with Gasteiger partial charge in [0, 0.05) is 24.0 Å². The Morgan fingerprint density at radius 2 is 2.09 bits per heavy atom. The second-order valence-electron chi connectivity index (χ2n) is 5.59. The van der Waals surface area contributed by atoms with Crippen molar-refractivity contribution in [3.05, 3.63) is 52.1 Å². The van der Waals surface area contributed by atoms with Crippen LogP contribution in [0.3, 0.4) is 0 Å². The molecule has 3 aromatic rings. The molecule has 7 heteroatoms. The lowest BCUT2D eigenvalue weighted by Gasteiger charge is -2.16. The Balaban J connectivity index is 1.90. The maximum absolute atomic E-state index is 13.1. The minimum atomic E-state index is -0.611. The van der Waals surface area contributed by atoms with Crippen LogP contribution in [-0.2, 0) is 0 Å². The molecule has 2 atom stereocenters. The number of hydrogen-bond acceptors (Lipinski definition) is 5. The number of nitrogens with zero attached hydrogens (tertiary/aromatic N) is 2. The molecule has 0 spiro atoms. The number of aliphatic hydroxyl groups excluding tert-OH is 1. The number of nitrogens with one attached hydrogen (secondary N) is 1. The molecule has 0 aliphatic carbocycles. The Bertz CT molecular complexity index is 919. The third kappa shape index (κ3) is 2.37. The van der Waals surface area contributed by atoms with E-state index < -0.39 is 6.10 Å². The summed E-state index contributed by atoms with van der Waals surface area (Å²) < 4.78 is 14.6. The largest absolute Gasteiger partial charge is 0.390 e. The fourth-order valence-electron chi connectivity index (χ4n) is 2.96. The van der Waals surface area contributed by atoms with Gasteiger partial charge in [0.25, 0.3) is 5.56 Å². The third-order valence-corrected chi connectivity index (χ3v) is 5.07. The number of rotatable bonds is 2. The highest BCUT2D eigenvalue weighted by molar-refractivity contribution is 7.17. The van der Waals surface area contributed by atoms with Crippen molar-refractivity contribution >= 4 is 21.6 Å². The van der Waals surface area contributed by atoms with Gasteiger partial charge >= 0.3 is 0 Å². The second kappa shape index (κ2) is 5.52. The van der Waals surface area contributed by atoms with Crippen LogP contribution >= 0.6 is 11.3 Å². The van der Waals surface area contributed by atoms with Crippen molar-refractivity contribution in [2.75, 3.05) is 13.1 Å². The van der Waals surface area contributed by atoms with Crippen LogP contribution in [0.5, 0.6) is 0 Å². The zero-order chi connectivity index (χ0) is 16.0. The molecule has 0 radical (unpaired) electrons. The van der Waals surface area contributed by atoms with Gasteiger partial charge in [-0.15, -0.1) is 11.3 Å². The molecule has 5 nitrogen and oxygen atoms in total. The molecule has 0 bridgehead atoms. The summed E-state index contributed by atoms with van der Waals surface area (Å²) in [4.78, 5) is 17.9. The standard InChI is InChI=1S/C16H14FN3O2S/c17-10-3-1-9(2-4-10)11-7-23-15-14(11)16(22)20(8-19-15)12-5-18-6-13(12)21/h1-4,7-8,12-13,18,21H,5-6H2/t12-,13-/m1/s1. The van der Waals surface area contributed by atoms with E-state index in [2.05, 4.69) is 10.3 Å². The molecule has 2 aromatic heterocycles. The summed E-state index contributed by atoms with van der Waals surface area (Å²) in [5.74, 6) is -0.316. The van der Waals surface area contributed by atoms with Crippen LogP contribution in [0.2, 0.25) is 0 Å². The number of β-amino-alcohol motifs (C(OH)–C–C–N with tert-alkyl or cyclic N) is 1. The monoisotopic (exact) mass is 331 g/mol. The van der Waals surface area contributed by atoms with Crippen molar-refractivity contribution < 1.29 is 9.50 Å². The number of fused-ring (bicyclic) bond motifs is 1. The number of thiophene rings is 1. The molecule has 0 unspecified atom stereocenters. The van der Waals surface area contributed by atoms with E-state index in [1.54, 1.807) is 12.1 Å². The zero-order valence-corrected chi connectivity index (χ0v) is 12.9. The fourth-order valence-corrected chi connectivity index (χ4v) is 3.87. The topological polar surface area (TPSA) is 67.2 Å². The van der Waals surface area contributed by atoms with Crippen LogP contribution in [0.1, 0.15) is 6.04 Å². The molecule has 4 rings (SSSR count). The third-order valence-electron chi connectivity index (χ3n) is 4.18. The van der Waals surface area contributed by atoms with E-state index in [-0.39, 0.29) is 17.4 Å². The first kappa shape index (κ1) is 14.5. The molecule has 23 heavy (non-hydrogen) atoms. The number of benzene rings is 1. The summed E-state index contributed by atoms with van der Waals surface area (Å²) in [5, 5.41) is 15.5. The van der Waals surface area contributed by atoms with E-state index in [0.717, 1.165) is 11.1 Å². The van der Waals surface area contributed by atoms with Gasteiger partial charge in [0.1, 0.15) is 10.6 Å². The van der Waals surface area contributed by atoms with E-state index in [9.17, 15) is 14.3 Å². The molecular weight excluding hydrogens is 317 g/mol. The Morgan fingerprint density at radius 3 is 2.78 bits per heavy atom. The van der Waals surface area contributed by atoms with E-state index in [0.29, 0.717) is 23.3 Å². The first-order chi connectivity index (χ1) is 11.1. The number of aromatic nitrogens is 2. The molecule has 118 valence electrons. The van der Waals surface area contributed by atoms with Gasteiger partial charge in [0.15, 0.2) is 0 Å². The minimum Gasteiger partial charge on any atom is -0.390 e. The molecule has 1 aromatic carbocycles. The summed E-state index contributed by atoms with van der Waals surface area (Å²) in [5.41, 5.74) is 1.35. The van der Waals surface area contributed by atoms with Crippen LogP contribution < -0.4 is 10.9 Å². The highest BCUT2D eigenvalue weighted by atomic mass is 32.1. The number of aliphatic hydroxyl groups is 1. The highest BCUT2D eigenvalue weighted by Gasteiger charge is 2.28. The fraction of sp³-hybridized carbons (Fsp3) is 0.250. The molecular formula is C16H14FN3O2S. The van der Waals surface area contributed by atoms with Crippen LogP contribution in [0.25, 0.3) is 21.3 Å². The summed E-state index contributed by atoms with van der Waals surface area (Å²) in [6.45, 7) is 0.994. The van der Waals surface area contributed by atoms with Crippen LogP contribution in [0.15, 0.2) is 40.8 Å². The van der Waals surface area contributed by atoms with E-state index in [4.69, 9.17) is 0 Å². The Morgan fingerprint density at radius 1 is 1.30 bits per heavy atom. The molecule has 0 amide bonds. The number of hydrogen-bond donors (Lipinski definition) is 2. The smallest absolute Gasteiger partial charge is 0.263 e. The lowest BCUT2D eigenvalue weighted by atomic mass is 10.1. The Hall–Kier alpha value is -2.09. The Labute approximate surface area is 135 Å². The lowest BCUT2D eigenvalue weighted by Crippen LogP contribution is -2.31. The number of halogens is 1. The van der Waals surface area contributed by atoms with E-state index >= 15 is 0 Å². The molecule has 1 aliphatic rings. The molecule has 1 fully saturated rings. The highest BCUT2D eigenvalue weighted by Crippen LogP contribution is 2.31. The summed E-state index contributed by atoms with van der Waals surface area (Å²) in [6, 6.07) is 5.73. The van der Waals surface area contributed by atoms with Crippen molar-refractivity contribution in [1.82, 2.24) is 14.9 Å². The lowest BCUT2D eigenvalue weighted by molar-refractivity contribution is 0.149. The molecule has 2 N–H and O–H groups in total. The van der Waals surface area contributed by atoms with Crippen molar-refractivity contribution in [2.24, 2.45) is 0 Å². The van der Waals surface area contributed by atoms with Gasteiger partial charge in [0.2, 0.25) is 0 Å². The average molecular weight is 331 g/mol. The van der Waals surface area contributed by atoms with Gasteiger partial charge in [-0.3, -0.25) is 9.36 Å². The first-order valence-electron chi connectivity index (χ1n) is 7.28. The van der Waals surface area contributed by atoms with Crippen molar-refractivity contribution in [1.29, 1.82) is 0 Å². The molecule has 3 heterocycles. The Kier molecular flexibility index (Phi) is 3.48. The normalized spacial score (nSPS) is 21.1. The summed E-state index contributed by atoms with van der Waals surface area (Å²) in [6.07, 6.45) is 0.885. The van der Waals surface area contributed by atoms with Gasteiger partial charge in [-0.05, 0) is 17.7 Å². The van der Waals surface area contributed by atoms with Crippen molar-refractivity contribution in [2.45, 2.75) is 12.1 Å². The van der Waals surface area contributed by atoms with Gasteiger partial charge < -0.3 is 10.4 Å². The molecule has 1 aliphatic heterocycles. The van der Waals surface area contributed by atoms with Crippen molar-refractivity contribution in [3.8, 4) is 11.1 Å². The average Bonchev–Trinajstić information content (AvgIpc) is 3.15. The van der Waals surface area contributed by atoms with Gasteiger partial charge in [-0.25, -0.2) is 9.37 Å². The van der Waals surface area contributed by atoms with Crippen LogP contribution in [-0.4, -0.2) is 33.9 Å². The molecule has 0 saturated carbocycles. The predicted octanol–water partition coefficient (Wildman–Crippen LogP) is 1.77. The van der Waals surface area contributed by atoms with Gasteiger partial charge in [0.05, 0.1) is 23.9 Å². The molecule has 1 saturated heterocycles. The minimum absolute atomic E-state index is 0.177. The van der Waals surface area contributed by atoms with Gasteiger partial charge in [-0.2, -0.15) is 0 Å². The first-order valence-corrected chi connectivity index (χ1v) is 8.16. The van der Waals surface area contributed by atoms with Crippen LogP contribution in [0.4, 0.5) is 4.39 Å². The summed E-state index contributed by atoms with van der Waals surface area (Å²) >= 11 is 1.38. The van der Waals surface area contributed by atoms with Crippen molar-refractivity contribution in [3.63, 3.8) is 0 Å². The maximum atomic E-state index is 13.1. The van der Waals surface area contributed by atoms with E-state index in [1.807, 2.05) is 5.38 Å². The SMILES string of the molecule is O=c1c2c(-c3ccc(F)cc3)csc2ncn1[C@@H]1CNC[C@H]1O. The quantitative estimate of drug-likeness (QED) is 0.751. The van der Waals surface area contributed by atoms with E-state index in [1.165, 1.54) is 34.4 Å². The maximum Gasteiger partial charge on any atom is 0.263 e. The zero-order valence-electron chi connectivity index (χ0n) is 12.1. The predicted molar refractivity (Wildman–Crippen MR) is 87.2 cm³/mol. The van der Waals surface area contributed by atoms with Crippen LogP contribution in [0, 0.1) is 5.82 Å². The van der Waals surface area contributed by atoms with Gasteiger partial charge in [-0.1, -0.05) is 12.1 Å².